The van der Waals surface area contributed by atoms with E-state index in [9.17, 15) is 13.6 Å². The zero-order valence-corrected chi connectivity index (χ0v) is 13.6. The predicted octanol–water partition coefficient (Wildman–Crippen LogP) is 3.25. The number of nitrogens with zero attached hydrogens (tertiary/aromatic N) is 1. The van der Waals surface area contributed by atoms with Gasteiger partial charge in [-0.1, -0.05) is 0 Å². The molecular weight excluding hydrogens is 304 g/mol. The first-order valence-corrected chi connectivity index (χ1v) is 7.88. The second-order valence-electron chi connectivity index (χ2n) is 5.84. The van der Waals surface area contributed by atoms with Crippen LogP contribution in [0.15, 0.2) is 12.1 Å². The SMILES string of the molecule is COCCC[C@H]1CCCN(C(=O)c2ccc(OC)c(F)c2F)C1. The molecule has 1 heterocycles. The third-order valence-electron chi connectivity index (χ3n) is 4.26. The monoisotopic (exact) mass is 327 g/mol. The molecule has 0 aliphatic carbocycles. The maximum absolute atomic E-state index is 14.1. The van der Waals surface area contributed by atoms with E-state index in [1.54, 1.807) is 12.0 Å². The fourth-order valence-electron chi connectivity index (χ4n) is 3.03. The Morgan fingerprint density at radius 2 is 2.09 bits per heavy atom. The van der Waals surface area contributed by atoms with Crippen molar-refractivity contribution < 1.29 is 23.0 Å². The zero-order chi connectivity index (χ0) is 16.8. The molecule has 1 saturated heterocycles. The standard InChI is InChI=1S/C17H23F2NO3/c1-22-10-4-6-12-5-3-9-20(11-12)17(21)13-7-8-14(23-2)16(19)15(13)18/h7-8,12H,3-6,9-11H2,1-2H3/t12-/m1/s1. The van der Waals surface area contributed by atoms with E-state index in [4.69, 9.17) is 9.47 Å². The van der Waals surface area contributed by atoms with Crippen LogP contribution < -0.4 is 4.74 Å². The lowest BCUT2D eigenvalue weighted by Gasteiger charge is -2.33. The number of amides is 1. The van der Waals surface area contributed by atoms with Crippen LogP contribution in [0.5, 0.6) is 5.75 Å². The Balaban J connectivity index is 2.06. The van der Waals surface area contributed by atoms with Gasteiger partial charge >= 0.3 is 0 Å². The van der Waals surface area contributed by atoms with Crippen molar-refractivity contribution in [2.75, 3.05) is 33.9 Å². The Hall–Kier alpha value is -1.69. The van der Waals surface area contributed by atoms with Gasteiger partial charge in [0.2, 0.25) is 5.82 Å². The van der Waals surface area contributed by atoms with Crippen LogP contribution in [0.25, 0.3) is 0 Å². The summed E-state index contributed by atoms with van der Waals surface area (Å²) in [4.78, 5) is 14.1. The Morgan fingerprint density at radius 3 is 2.78 bits per heavy atom. The number of hydrogen-bond acceptors (Lipinski definition) is 3. The molecule has 1 aliphatic rings. The van der Waals surface area contributed by atoms with Gasteiger partial charge in [-0.05, 0) is 43.7 Å². The molecule has 0 aromatic heterocycles. The van der Waals surface area contributed by atoms with Crippen molar-refractivity contribution in [3.05, 3.63) is 29.3 Å². The molecule has 6 heteroatoms. The van der Waals surface area contributed by atoms with Crippen LogP contribution in [0.2, 0.25) is 0 Å². The van der Waals surface area contributed by atoms with E-state index in [1.165, 1.54) is 19.2 Å². The number of methoxy groups -OCH3 is 2. The molecule has 0 bridgehead atoms. The lowest BCUT2D eigenvalue weighted by atomic mass is 9.93. The topological polar surface area (TPSA) is 38.8 Å². The molecule has 1 amide bonds. The summed E-state index contributed by atoms with van der Waals surface area (Å²) >= 11 is 0. The van der Waals surface area contributed by atoms with Gasteiger partial charge in [0.1, 0.15) is 0 Å². The number of benzene rings is 1. The molecule has 1 aromatic rings. The van der Waals surface area contributed by atoms with Crippen LogP contribution in [0.4, 0.5) is 8.78 Å². The van der Waals surface area contributed by atoms with E-state index >= 15 is 0 Å². The summed E-state index contributed by atoms with van der Waals surface area (Å²) < 4.78 is 37.6. The van der Waals surface area contributed by atoms with Crippen molar-refractivity contribution in [1.29, 1.82) is 0 Å². The summed E-state index contributed by atoms with van der Waals surface area (Å²) in [6.45, 7) is 1.85. The molecule has 0 radical (unpaired) electrons. The highest BCUT2D eigenvalue weighted by molar-refractivity contribution is 5.94. The molecule has 128 valence electrons. The van der Waals surface area contributed by atoms with E-state index in [2.05, 4.69) is 0 Å². The largest absolute Gasteiger partial charge is 0.494 e. The highest BCUT2D eigenvalue weighted by atomic mass is 19.2. The van der Waals surface area contributed by atoms with Gasteiger partial charge in [0.25, 0.3) is 5.91 Å². The Bertz CT molecular complexity index is 551. The van der Waals surface area contributed by atoms with Gasteiger partial charge in [0.15, 0.2) is 11.6 Å². The van der Waals surface area contributed by atoms with Gasteiger partial charge in [-0.15, -0.1) is 0 Å². The summed E-state index contributed by atoms with van der Waals surface area (Å²) in [6.07, 6.45) is 3.84. The molecule has 1 aliphatic heterocycles. The quantitative estimate of drug-likeness (QED) is 0.753. The third-order valence-corrected chi connectivity index (χ3v) is 4.26. The van der Waals surface area contributed by atoms with Gasteiger partial charge in [0.05, 0.1) is 12.7 Å². The first-order valence-electron chi connectivity index (χ1n) is 7.88. The molecule has 0 N–H and O–H groups in total. The van der Waals surface area contributed by atoms with Gasteiger partial charge < -0.3 is 14.4 Å². The van der Waals surface area contributed by atoms with Crippen molar-refractivity contribution in [3.8, 4) is 5.75 Å². The second-order valence-corrected chi connectivity index (χ2v) is 5.84. The summed E-state index contributed by atoms with van der Waals surface area (Å²) in [7, 11) is 2.92. The average Bonchev–Trinajstić information content (AvgIpc) is 2.57. The van der Waals surface area contributed by atoms with E-state index in [-0.39, 0.29) is 11.3 Å². The molecule has 0 unspecified atom stereocenters. The van der Waals surface area contributed by atoms with E-state index in [0.29, 0.717) is 25.6 Å². The van der Waals surface area contributed by atoms with Crippen LogP contribution in [0.3, 0.4) is 0 Å². The average molecular weight is 327 g/mol. The predicted molar refractivity (Wildman–Crippen MR) is 82.6 cm³/mol. The first kappa shape index (κ1) is 17.7. The van der Waals surface area contributed by atoms with Crippen molar-refractivity contribution >= 4 is 5.91 Å². The van der Waals surface area contributed by atoms with Crippen LogP contribution in [0, 0.1) is 17.6 Å². The number of ether oxygens (including phenoxy) is 2. The van der Waals surface area contributed by atoms with Crippen LogP contribution in [0.1, 0.15) is 36.0 Å². The molecule has 1 fully saturated rings. The minimum absolute atomic E-state index is 0.199. The number of carbonyl (C=O) groups is 1. The molecular formula is C17H23F2NO3. The lowest BCUT2D eigenvalue weighted by molar-refractivity contribution is 0.0654. The van der Waals surface area contributed by atoms with E-state index in [1.807, 2.05) is 0 Å². The highest BCUT2D eigenvalue weighted by Gasteiger charge is 2.27. The molecule has 4 nitrogen and oxygen atoms in total. The van der Waals surface area contributed by atoms with Gasteiger partial charge in [-0.25, -0.2) is 4.39 Å². The molecule has 2 rings (SSSR count). The summed E-state index contributed by atoms with van der Waals surface area (Å²) in [5.74, 6) is -2.53. The molecule has 23 heavy (non-hydrogen) atoms. The van der Waals surface area contributed by atoms with Crippen molar-refractivity contribution in [1.82, 2.24) is 4.90 Å². The van der Waals surface area contributed by atoms with Gasteiger partial charge in [0, 0.05) is 26.8 Å². The number of piperidine rings is 1. The minimum atomic E-state index is -1.14. The van der Waals surface area contributed by atoms with E-state index < -0.39 is 17.5 Å². The fraction of sp³-hybridized carbons (Fsp3) is 0.588. The maximum Gasteiger partial charge on any atom is 0.256 e. The van der Waals surface area contributed by atoms with Crippen LogP contribution in [-0.2, 0) is 4.74 Å². The van der Waals surface area contributed by atoms with Gasteiger partial charge in [-0.2, -0.15) is 4.39 Å². The Kier molecular flexibility index (Phi) is 6.33. The summed E-state index contributed by atoms with van der Waals surface area (Å²) in [5.41, 5.74) is -0.235. The normalized spacial score (nSPS) is 18.1. The molecule has 0 saturated carbocycles. The second kappa shape index (κ2) is 8.24. The minimum Gasteiger partial charge on any atom is -0.494 e. The Labute approximate surface area is 135 Å². The van der Waals surface area contributed by atoms with E-state index in [0.717, 1.165) is 25.7 Å². The Morgan fingerprint density at radius 1 is 1.30 bits per heavy atom. The van der Waals surface area contributed by atoms with Crippen LogP contribution in [-0.4, -0.2) is 44.7 Å². The molecule has 0 spiro atoms. The fourth-order valence-corrected chi connectivity index (χ4v) is 3.03. The number of hydrogen-bond donors (Lipinski definition) is 0. The van der Waals surface area contributed by atoms with Gasteiger partial charge in [-0.3, -0.25) is 4.79 Å². The molecule has 1 atom stereocenters. The summed E-state index contributed by atoms with van der Waals surface area (Å²) in [6, 6.07) is 2.57. The van der Waals surface area contributed by atoms with Crippen LogP contribution >= 0.6 is 0 Å². The van der Waals surface area contributed by atoms with Crippen molar-refractivity contribution in [3.63, 3.8) is 0 Å². The molecule has 1 aromatic carbocycles. The first-order chi connectivity index (χ1) is 11.1. The lowest BCUT2D eigenvalue weighted by Crippen LogP contribution is -2.40. The highest BCUT2D eigenvalue weighted by Crippen LogP contribution is 2.26. The van der Waals surface area contributed by atoms with Crippen molar-refractivity contribution in [2.24, 2.45) is 5.92 Å². The number of rotatable bonds is 6. The van der Waals surface area contributed by atoms with Crippen molar-refractivity contribution in [2.45, 2.75) is 25.7 Å². The zero-order valence-electron chi connectivity index (χ0n) is 13.6. The maximum atomic E-state index is 14.1. The smallest absolute Gasteiger partial charge is 0.256 e. The third kappa shape index (κ3) is 4.19. The number of likely N-dealkylation sites (tertiary alicyclic amines) is 1. The number of halogens is 2. The summed E-state index contributed by atoms with van der Waals surface area (Å²) in [5, 5.41) is 0. The number of carbonyl (C=O) groups excluding carboxylic acids is 1.